The van der Waals surface area contributed by atoms with Crippen LogP contribution in [0.3, 0.4) is 0 Å². The lowest BCUT2D eigenvalue weighted by molar-refractivity contribution is -0.135. The highest BCUT2D eigenvalue weighted by Crippen LogP contribution is 2.23. The molecule has 0 aliphatic carbocycles. The van der Waals surface area contributed by atoms with Crippen LogP contribution in [0.15, 0.2) is 30.6 Å². The Morgan fingerprint density at radius 1 is 1.07 bits per heavy atom. The van der Waals surface area contributed by atoms with E-state index in [0.29, 0.717) is 42.0 Å². The molecule has 0 saturated carbocycles. The van der Waals surface area contributed by atoms with Crippen LogP contribution in [0, 0.1) is 11.8 Å². The van der Waals surface area contributed by atoms with E-state index in [9.17, 15) is 9.59 Å². The lowest BCUT2D eigenvalue weighted by Crippen LogP contribution is -2.39. The number of nitrogens with zero attached hydrogens (tertiary/aromatic N) is 4. The van der Waals surface area contributed by atoms with E-state index in [1.165, 1.54) is 6.20 Å². The minimum atomic E-state index is -0.543. The fourth-order valence-electron chi connectivity index (χ4n) is 3.19. The van der Waals surface area contributed by atoms with Gasteiger partial charge in [0.25, 0.3) is 5.91 Å². The minimum absolute atomic E-state index is 0.0242. The molecular weight excluding hydrogens is 368 g/mol. The molecule has 0 bridgehead atoms. The van der Waals surface area contributed by atoms with Gasteiger partial charge in [-0.1, -0.05) is 47.6 Å². The smallest absolute Gasteiger partial charge is 0.342 e. The number of carbonyl (C=O) groups excluding carboxylic acids is 2. The zero-order chi connectivity index (χ0) is 21.6. The van der Waals surface area contributed by atoms with Crippen molar-refractivity contribution in [1.82, 2.24) is 19.7 Å². The van der Waals surface area contributed by atoms with Crippen LogP contribution in [-0.4, -0.2) is 51.2 Å². The summed E-state index contributed by atoms with van der Waals surface area (Å²) in [5.41, 5.74) is 1.07. The van der Waals surface area contributed by atoms with Crippen LogP contribution in [0.2, 0.25) is 0 Å². The van der Waals surface area contributed by atoms with Gasteiger partial charge in [-0.25, -0.2) is 14.5 Å². The van der Waals surface area contributed by atoms with Gasteiger partial charge in [0.2, 0.25) is 0 Å². The summed E-state index contributed by atoms with van der Waals surface area (Å²) in [6.07, 6.45) is 3.16. The summed E-state index contributed by atoms with van der Waals surface area (Å²) in [6.45, 7) is 13.2. The number of esters is 1. The molecule has 29 heavy (non-hydrogen) atoms. The minimum Gasteiger partial charge on any atom is -0.452 e. The number of pyridine rings is 1. The average Bonchev–Trinajstić information content (AvgIpc) is 3.10. The second kappa shape index (κ2) is 10.2. The third-order valence-corrected chi connectivity index (χ3v) is 4.29. The Balaban J connectivity index is 2.14. The van der Waals surface area contributed by atoms with E-state index < -0.39 is 5.97 Å². The first-order chi connectivity index (χ1) is 13.7. The lowest BCUT2D eigenvalue weighted by Gasteiger charge is -2.26. The molecule has 0 fully saturated rings. The third kappa shape index (κ3) is 6.14. The molecule has 2 aromatic heterocycles. The van der Waals surface area contributed by atoms with Gasteiger partial charge >= 0.3 is 5.97 Å². The standard InChI is InChI=1S/C22H32N4O3/c1-15(2)12-25(13-16(3)4)20(27)14-29-22(28)18-11-24-26(21(18)17(5)6)19-9-7-8-10-23-19/h7-11,15-17H,12-14H2,1-6H3. The van der Waals surface area contributed by atoms with Crippen LogP contribution in [0.25, 0.3) is 5.82 Å². The molecule has 0 aliphatic heterocycles. The van der Waals surface area contributed by atoms with Crippen molar-refractivity contribution in [1.29, 1.82) is 0 Å². The Kier molecular flexibility index (Phi) is 7.93. The average molecular weight is 401 g/mol. The lowest BCUT2D eigenvalue weighted by atomic mass is 10.1. The van der Waals surface area contributed by atoms with Crippen molar-refractivity contribution in [2.75, 3.05) is 19.7 Å². The molecule has 7 nitrogen and oxygen atoms in total. The Labute approximate surface area is 173 Å². The molecule has 2 aromatic rings. The molecule has 0 radical (unpaired) electrons. The highest BCUT2D eigenvalue weighted by molar-refractivity contribution is 5.92. The summed E-state index contributed by atoms with van der Waals surface area (Å²) in [4.78, 5) is 31.4. The van der Waals surface area contributed by atoms with E-state index in [0.717, 1.165) is 0 Å². The predicted molar refractivity (Wildman–Crippen MR) is 112 cm³/mol. The fraction of sp³-hybridized carbons (Fsp3) is 0.545. The number of rotatable bonds is 9. The van der Waals surface area contributed by atoms with Gasteiger partial charge in [0.15, 0.2) is 12.4 Å². The summed E-state index contributed by atoms with van der Waals surface area (Å²) < 4.78 is 7.02. The van der Waals surface area contributed by atoms with E-state index in [4.69, 9.17) is 4.74 Å². The molecule has 0 aromatic carbocycles. The highest BCUT2D eigenvalue weighted by atomic mass is 16.5. The molecule has 0 unspecified atom stereocenters. The number of hydrogen-bond donors (Lipinski definition) is 0. The van der Waals surface area contributed by atoms with Crippen molar-refractivity contribution in [2.24, 2.45) is 11.8 Å². The molecule has 2 heterocycles. The van der Waals surface area contributed by atoms with Crippen LogP contribution >= 0.6 is 0 Å². The molecule has 0 atom stereocenters. The number of aromatic nitrogens is 3. The first-order valence-corrected chi connectivity index (χ1v) is 10.1. The van der Waals surface area contributed by atoms with E-state index in [1.807, 2.05) is 32.0 Å². The van der Waals surface area contributed by atoms with Crippen molar-refractivity contribution in [3.05, 3.63) is 41.9 Å². The van der Waals surface area contributed by atoms with Crippen molar-refractivity contribution in [2.45, 2.75) is 47.5 Å². The molecule has 7 heteroatoms. The van der Waals surface area contributed by atoms with Crippen molar-refractivity contribution in [3.63, 3.8) is 0 Å². The number of carbonyl (C=O) groups is 2. The van der Waals surface area contributed by atoms with Gasteiger partial charge in [-0.3, -0.25) is 4.79 Å². The SMILES string of the molecule is CC(C)CN(CC(C)C)C(=O)COC(=O)c1cnn(-c2ccccn2)c1C(C)C. The van der Waals surface area contributed by atoms with E-state index in [1.54, 1.807) is 15.8 Å². The fourth-order valence-corrected chi connectivity index (χ4v) is 3.19. The van der Waals surface area contributed by atoms with E-state index >= 15 is 0 Å². The monoisotopic (exact) mass is 400 g/mol. The molecule has 0 N–H and O–H groups in total. The number of amides is 1. The van der Waals surface area contributed by atoms with Crippen LogP contribution in [-0.2, 0) is 9.53 Å². The molecule has 2 rings (SSSR count). The Bertz CT molecular complexity index is 803. The van der Waals surface area contributed by atoms with Gasteiger partial charge in [-0.2, -0.15) is 5.10 Å². The Morgan fingerprint density at radius 3 is 2.24 bits per heavy atom. The quantitative estimate of drug-likeness (QED) is 0.600. The van der Waals surface area contributed by atoms with Crippen molar-refractivity contribution in [3.8, 4) is 5.82 Å². The van der Waals surface area contributed by atoms with Gasteiger partial charge in [0.1, 0.15) is 5.56 Å². The Hall–Kier alpha value is -2.70. The van der Waals surface area contributed by atoms with Crippen molar-refractivity contribution >= 4 is 11.9 Å². The molecular formula is C22H32N4O3. The first-order valence-electron chi connectivity index (χ1n) is 10.1. The predicted octanol–water partition coefficient (Wildman–Crippen LogP) is 3.69. The topological polar surface area (TPSA) is 77.3 Å². The van der Waals surface area contributed by atoms with Crippen LogP contribution in [0.4, 0.5) is 0 Å². The third-order valence-electron chi connectivity index (χ3n) is 4.29. The zero-order valence-electron chi connectivity index (χ0n) is 18.3. The van der Waals surface area contributed by atoms with Crippen LogP contribution in [0.5, 0.6) is 0 Å². The highest BCUT2D eigenvalue weighted by Gasteiger charge is 2.24. The molecule has 158 valence electrons. The summed E-state index contributed by atoms with van der Waals surface area (Å²) in [5, 5.41) is 4.33. The number of ether oxygens (including phenoxy) is 1. The maximum Gasteiger partial charge on any atom is 0.342 e. The first kappa shape index (κ1) is 22.6. The van der Waals surface area contributed by atoms with Gasteiger partial charge in [0.05, 0.1) is 11.9 Å². The summed E-state index contributed by atoms with van der Waals surface area (Å²) in [6, 6.07) is 5.51. The van der Waals surface area contributed by atoms with Gasteiger partial charge in [-0.15, -0.1) is 0 Å². The van der Waals surface area contributed by atoms with Crippen LogP contribution < -0.4 is 0 Å². The van der Waals surface area contributed by atoms with Gasteiger partial charge in [-0.05, 0) is 29.9 Å². The zero-order valence-corrected chi connectivity index (χ0v) is 18.3. The number of hydrogen-bond acceptors (Lipinski definition) is 5. The summed E-state index contributed by atoms with van der Waals surface area (Å²) in [7, 11) is 0. The maximum atomic E-state index is 12.7. The molecule has 1 amide bonds. The van der Waals surface area contributed by atoms with E-state index in [2.05, 4.69) is 37.8 Å². The van der Waals surface area contributed by atoms with Gasteiger partial charge in [0, 0.05) is 19.3 Å². The largest absolute Gasteiger partial charge is 0.452 e. The summed E-state index contributed by atoms with van der Waals surface area (Å²) >= 11 is 0. The molecule has 0 saturated heterocycles. The van der Waals surface area contributed by atoms with Crippen LogP contribution in [0.1, 0.15) is 63.5 Å². The molecule has 0 aliphatic rings. The molecule has 0 spiro atoms. The summed E-state index contributed by atoms with van der Waals surface area (Å²) in [5.74, 6) is 0.625. The van der Waals surface area contributed by atoms with Crippen molar-refractivity contribution < 1.29 is 14.3 Å². The maximum absolute atomic E-state index is 12.7. The Morgan fingerprint density at radius 2 is 1.72 bits per heavy atom. The van der Waals surface area contributed by atoms with E-state index in [-0.39, 0.29) is 18.4 Å². The van der Waals surface area contributed by atoms with Gasteiger partial charge < -0.3 is 9.64 Å². The second-order valence-corrected chi connectivity index (χ2v) is 8.36. The second-order valence-electron chi connectivity index (χ2n) is 8.36. The normalized spacial score (nSPS) is 11.3.